The molecule has 4 rings (SSSR count). The fourth-order valence-electron chi connectivity index (χ4n) is 3.28. The standard InChI is InChI=1S/C23H22N2O4/c1-16-4-8-19(9-5-16)29-20-10-6-18(7-11-20)24-23(27)17-13-22(26)25(14-17)15-21-3-2-12-28-21/h2-12,17H,13-15H2,1H3,(H,24,27). The number of hydrogen-bond acceptors (Lipinski definition) is 4. The van der Waals surface area contributed by atoms with Crippen LogP contribution in [0.4, 0.5) is 5.69 Å². The molecule has 0 aliphatic carbocycles. The van der Waals surface area contributed by atoms with Crippen LogP contribution in [0.2, 0.25) is 0 Å². The van der Waals surface area contributed by atoms with E-state index < -0.39 is 0 Å². The number of ether oxygens (including phenoxy) is 1. The Balaban J connectivity index is 1.32. The van der Waals surface area contributed by atoms with Crippen LogP contribution in [0, 0.1) is 12.8 Å². The van der Waals surface area contributed by atoms with Gasteiger partial charge in [-0.15, -0.1) is 0 Å². The van der Waals surface area contributed by atoms with E-state index in [0.29, 0.717) is 30.3 Å². The van der Waals surface area contributed by atoms with E-state index in [1.807, 2.05) is 37.3 Å². The van der Waals surface area contributed by atoms with Gasteiger partial charge in [-0.1, -0.05) is 17.7 Å². The smallest absolute Gasteiger partial charge is 0.229 e. The van der Waals surface area contributed by atoms with E-state index in [0.717, 1.165) is 5.75 Å². The number of carbonyl (C=O) groups excluding carboxylic acids is 2. The van der Waals surface area contributed by atoms with Crippen LogP contribution < -0.4 is 10.1 Å². The first kappa shape index (κ1) is 18.8. The van der Waals surface area contributed by atoms with E-state index in [1.165, 1.54) is 5.56 Å². The lowest BCUT2D eigenvalue weighted by atomic mass is 10.1. The highest BCUT2D eigenvalue weighted by Crippen LogP contribution is 2.25. The van der Waals surface area contributed by atoms with Crippen molar-refractivity contribution in [3.05, 3.63) is 78.3 Å². The minimum Gasteiger partial charge on any atom is -0.467 e. The first-order valence-corrected chi connectivity index (χ1v) is 9.52. The maximum absolute atomic E-state index is 12.6. The maximum atomic E-state index is 12.6. The van der Waals surface area contributed by atoms with Crippen LogP contribution in [0.1, 0.15) is 17.7 Å². The second kappa shape index (κ2) is 8.22. The monoisotopic (exact) mass is 390 g/mol. The summed E-state index contributed by atoms with van der Waals surface area (Å²) in [5.74, 6) is 1.58. The molecule has 1 saturated heterocycles. The van der Waals surface area contributed by atoms with Gasteiger partial charge in [-0.25, -0.2) is 0 Å². The van der Waals surface area contributed by atoms with Gasteiger partial charge in [0, 0.05) is 18.7 Å². The Morgan fingerprint density at radius 3 is 2.45 bits per heavy atom. The minimum absolute atomic E-state index is 0.0385. The van der Waals surface area contributed by atoms with Crippen LogP contribution in [-0.2, 0) is 16.1 Å². The number of aryl methyl sites for hydroxylation is 1. The molecule has 1 aliphatic rings. The number of benzene rings is 2. The molecule has 1 aliphatic heterocycles. The number of rotatable bonds is 6. The fraction of sp³-hybridized carbons (Fsp3) is 0.217. The number of anilines is 1. The molecule has 1 atom stereocenters. The zero-order valence-corrected chi connectivity index (χ0v) is 16.1. The molecule has 2 amide bonds. The second-order valence-corrected chi connectivity index (χ2v) is 7.18. The third-order valence-electron chi connectivity index (χ3n) is 4.89. The number of carbonyl (C=O) groups is 2. The Hall–Kier alpha value is -3.54. The molecule has 1 N–H and O–H groups in total. The predicted molar refractivity (Wildman–Crippen MR) is 109 cm³/mol. The van der Waals surface area contributed by atoms with Gasteiger partial charge in [0.2, 0.25) is 11.8 Å². The van der Waals surface area contributed by atoms with Crippen LogP contribution in [0.3, 0.4) is 0 Å². The summed E-state index contributed by atoms with van der Waals surface area (Å²) in [6.07, 6.45) is 1.79. The molecule has 3 aromatic rings. The van der Waals surface area contributed by atoms with Gasteiger partial charge in [0.15, 0.2) is 0 Å². The van der Waals surface area contributed by atoms with Crippen molar-refractivity contribution >= 4 is 17.5 Å². The first-order valence-electron chi connectivity index (χ1n) is 9.52. The van der Waals surface area contributed by atoms with E-state index in [9.17, 15) is 9.59 Å². The van der Waals surface area contributed by atoms with E-state index in [-0.39, 0.29) is 24.2 Å². The van der Waals surface area contributed by atoms with E-state index >= 15 is 0 Å². The zero-order chi connectivity index (χ0) is 20.2. The summed E-state index contributed by atoms with van der Waals surface area (Å²) >= 11 is 0. The Labute approximate surface area is 169 Å². The van der Waals surface area contributed by atoms with Gasteiger partial charge in [0.1, 0.15) is 17.3 Å². The van der Waals surface area contributed by atoms with Crippen molar-refractivity contribution in [3.63, 3.8) is 0 Å². The fourth-order valence-corrected chi connectivity index (χ4v) is 3.28. The average molecular weight is 390 g/mol. The molecule has 2 heterocycles. The van der Waals surface area contributed by atoms with Crippen molar-refractivity contribution in [2.45, 2.75) is 19.9 Å². The lowest BCUT2D eigenvalue weighted by Crippen LogP contribution is -2.27. The van der Waals surface area contributed by atoms with Gasteiger partial charge in [-0.2, -0.15) is 0 Å². The van der Waals surface area contributed by atoms with Crippen LogP contribution in [0.25, 0.3) is 0 Å². The Bertz CT molecular complexity index is 979. The average Bonchev–Trinajstić information content (AvgIpc) is 3.36. The topological polar surface area (TPSA) is 71.8 Å². The lowest BCUT2D eigenvalue weighted by Gasteiger charge is -2.15. The molecule has 148 valence electrons. The van der Waals surface area contributed by atoms with Gasteiger partial charge >= 0.3 is 0 Å². The van der Waals surface area contributed by atoms with Gasteiger partial charge in [-0.3, -0.25) is 9.59 Å². The highest BCUT2D eigenvalue weighted by atomic mass is 16.5. The lowest BCUT2D eigenvalue weighted by molar-refractivity contribution is -0.128. The third-order valence-corrected chi connectivity index (χ3v) is 4.89. The maximum Gasteiger partial charge on any atom is 0.229 e. The second-order valence-electron chi connectivity index (χ2n) is 7.18. The van der Waals surface area contributed by atoms with Crippen molar-refractivity contribution in [1.82, 2.24) is 4.90 Å². The largest absolute Gasteiger partial charge is 0.467 e. The zero-order valence-electron chi connectivity index (χ0n) is 16.1. The SMILES string of the molecule is Cc1ccc(Oc2ccc(NC(=O)C3CC(=O)N(Cc4ccco4)C3)cc2)cc1. The van der Waals surface area contributed by atoms with E-state index in [1.54, 1.807) is 41.5 Å². The molecule has 1 unspecified atom stereocenters. The van der Waals surface area contributed by atoms with Crippen molar-refractivity contribution in [2.24, 2.45) is 5.92 Å². The van der Waals surface area contributed by atoms with Crippen molar-refractivity contribution in [2.75, 3.05) is 11.9 Å². The Morgan fingerprint density at radius 1 is 1.10 bits per heavy atom. The highest BCUT2D eigenvalue weighted by Gasteiger charge is 2.34. The van der Waals surface area contributed by atoms with Crippen molar-refractivity contribution in [1.29, 1.82) is 0 Å². The quantitative estimate of drug-likeness (QED) is 0.678. The highest BCUT2D eigenvalue weighted by molar-refractivity contribution is 5.97. The number of amides is 2. The molecule has 0 spiro atoms. The third kappa shape index (κ3) is 4.66. The summed E-state index contributed by atoms with van der Waals surface area (Å²) in [4.78, 5) is 26.4. The number of nitrogens with zero attached hydrogens (tertiary/aromatic N) is 1. The summed E-state index contributed by atoms with van der Waals surface area (Å²) in [6.45, 7) is 2.80. The molecule has 2 aromatic carbocycles. The van der Waals surface area contributed by atoms with Crippen molar-refractivity contribution < 1.29 is 18.7 Å². The molecule has 29 heavy (non-hydrogen) atoms. The summed E-state index contributed by atoms with van der Waals surface area (Å²) in [5.41, 5.74) is 1.84. The number of nitrogens with one attached hydrogen (secondary N) is 1. The molecule has 6 heteroatoms. The van der Waals surface area contributed by atoms with Crippen LogP contribution >= 0.6 is 0 Å². The van der Waals surface area contributed by atoms with Gasteiger partial charge < -0.3 is 19.4 Å². The van der Waals surface area contributed by atoms with E-state index in [2.05, 4.69) is 5.32 Å². The molecule has 6 nitrogen and oxygen atoms in total. The molecular formula is C23H22N2O4. The number of likely N-dealkylation sites (tertiary alicyclic amines) is 1. The molecule has 1 aromatic heterocycles. The van der Waals surface area contributed by atoms with Gasteiger partial charge in [-0.05, 0) is 55.5 Å². The molecule has 0 saturated carbocycles. The number of hydrogen-bond donors (Lipinski definition) is 1. The van der Waals surface area contributed by atoms with Gasteiger partial charge in [0.25, 0.3) is 0 Å². The number of furan rings is 1. The molecule has 1 fully saturated rings. The summed E-state index contributed by atoms with van der Waals surface area (Å²) in [5, 5.41) is 2.89. The molecule has 0 radical (unpaired) electrons. The van der Waals surface area contributed by atoms with Crippen LogP contribution in [-0.4, -0.2) is 23.3 Å². The molecular weight excluding hydrogens is 368 g/mol. The molecule has 0 bridgehead atoms. The normalized spacial score (nSPS) is 16.1. The van der Waals surface area contributed by atoms with Gasteiger partial charge in [0.05, 0.1) is 18.7 Å². The summed E-state index contributed by atoms with van der Waals surface area (Å²) in [6, 6.07) is 18.6. The summed E-state index contributed by atoms with van der Waals surface area (Å²) in [7, 11) is 0. The first-order chi connectivity index (χ1) is 14.1. The Kier molecular flexibility index (Phi) is 5.33. The van der Waals surface area contributed by atoms with Crippen LogP contribution in [0.15, 0.2) is 71.3 Å². The predicted octanol–water partition coefficient (Wildman–Crippen LogP) is 4.37. The minimum atomic E-state index is -0.374. The van der Waals surface area contributed by atoms with Crippen LogP contribution in [0.5, 0.6) is 11.5 Å². The van der Waals surface area contributed by atoms with E-state index in [4.69, 9.17) is 9.15 Å². The van der Waals surface area contributed by atoms with Crippen molar-refractivity contribution in [3.8, 4) is 11.5 Å². The Morgan fingerprint density at radius 2 is 1.79 bits per heavy atom. The summed E-state index contributed by atoms with van der Waals surface area (Å²) < 4.78 is 11.1.